The Labute approximate surface area is 187 Å². The summed E-state index contributed by atoms with van der Waals surface area (Å²) in [5.41, 5.74) is 2.52. The molecular weight excluding hydrogens is 412 g/mol. The van der Waals surface area contributed by atoms with Gasteiger partial charge in [0.05, 0.1) is 5.69 Å². The van der Waals surface area contributed by atoms with Crippen LogP contribution < -0.4 is 10.6 Å². The number of hydrogen-bond acceptors (Lipinski definition) is 3. The maximum absolute atomic E-state index is 13.9. The van der Waals surface area contributed by atoms with E-state index in [1.807, 2.05) is 6.92 Å². The van der Waals surface area contributed by atoms with Crippen LogP contribution in [0.3, 0.4) is 0 Å². The SMILES string of the molecule is CCCNc1cc(CNC(=O)N2CCC3(CC2)CC(=O)c2cc(F)ccc2C3)ccc1F. The van der Waals surface area contributed by atoms with E-state index in [0.717, 1.165) is 36.8 Å². The second kappa shape index (κ2) is 9.27. The molecule has 0 bridgehead atoms. The molecule has 2 amide bonds. The van der Waals surface area contributed by atoms with Crippen molar-refractivity contribution in [2.24, 2.45) is 5.41 Å². The monoisotopic (exact) mass is 441 g/mol. The molecule has 2 N–H and O–H groups in total. The summed E-state index contributed by atoms with van der Waals surface area (Å²) in [4.78, 5) is 27.1. The van der Waals surface area contributed by atoms with Gasteiger partial charge < -0.3 is 15.5 Å². The summed E-state index contributed by atoms with van der Waals surface area (Å²) >= 11 is 0. The molecule has 170 valence electrons. The molecule has 1 aliphatic heterocycles. The lowest BCUT2D eigenvalue weighted by molar-refractivity contribution is 0.0735. The summed E-state index contributed by atoms with van der Waals surface area (Å²) in [6.07, 6.45) is 3.52. The van der Waals surface area contributed by atoms with E-state index in [-0.39, 0.29) is 28.9 Å². The van der Waals surface area contributed by atoms with Crippen molar-refractivity contribution in [3.63, 3.8) is 0 Å². The Morgan fingerprint density at radius 1 is 1.09 bits per heavy atom. The van der Waals surface area contributed by atoms with Crippen molar-refractivity contribution in [2.75, 3.05) is 25.0 Å². The molecule has 0 atom stereocenters. The zero-order valence-electron chi connectivity index (χ0n) is 18.3. The van der Waals surface area contributed by atoms with Crippen molar-refractivity contribution in [3.8, 4) is 0 Å². The number of halogens is 2. The van der Waals surface area contributed by atoms with Crippen molar-refractivity contribution < 1.29 is 18.4 Å². The van der Waals surface area contributed by atoms with Crippen LogP contribution in [0, 0.1) is 17.0 Å². The minimum absolute atomic E-state index is 0.00699. The molecule has 7 heteroatoms. The normalized spacial score (nSPS) is 17.2. The minimum atomic E-state index is -0.381. The zero-order valence-corrected chi connectivity index (χ0v) is 18.3. The molecule has 5 nitrogen and oxygen atoms in total. The Morgan fingerprint density at radius 3 is 2.62 bits per heavy atom. The fourth-order valence-electron chi connectivity index (χ4n) is 4.77. The first-order chi connectivity index (χ1) is 15.4. The van der Waals surface area contributed by atoms with E-state index in [1.165, 1.54) is 18.2 Å². The van der Waals surface area contributed by atoms with Crippen LogP contribution in [0.1, 0.15) is 54.1 Å². The number of nitrogens with one attached hydrogen (secondary N) is 2. The number of likely N-dealkylation sites (tertiary alicyclic amines) is 1. The highest BCUT2D eigenvalue weighted by atomic mass is 19.1. The lowest BCUT2D eigenvalue weighted by Gasteiger charge is -2.44. The number of fused-ring (bicyclic) bond motifs is 1. The van der Waals surface area contributed by atoms with E-state index in [1.54, 1.807) is 23.1 Å². The van der Waals surface area contributed by atoms with Crippen LogP contribution in [0.4, 0.5) is 19.3 Å². The molecule has 2 aromatic rings. The van der Waals surface area contributed by atoms with Crippen molar-refractivity contribution in [2.45, 2.75) is 45.6 Å². The first-order valence-corrected chi connectivity index (χ1v) is 11.3. The summed E-state index contributed by atoms with van der Waals surface area (Å²) in [5, 5.41) is 5.98. The van der Waals surface area contributed by atoms with Crippen LogP contribution in [0.15, 0.2) is 36.4 Å². The number of anilines is 1. The number of ketones is 1. The maximum Gasteiger partial charge on any atom is 0.317 e. The van der Waals surface area contributed by atoms with Gasteiger partial charge in [0.15, 0.2) is 5.78 Å². The van der Waals surface area contributed by atoms with Gasteiger partial charge in [0.2, 0.25) is 0 Å². The molecule has 0 unspecified atom stereocenters. The molecule has 1 heterocycles. The minimum Gasteiger partial charge on any atom is -0.383 e. The second-order valence-corrected chi connectivity index (χ2v) is 8.96. The number of urea groups is 1. The quantitative estimate of drug-likeness (QED) is 0.693. The fourth-order valence-corrected chi connectivity index (χ4v) is 4.77. The molecule has 1 spiro atoms. The molecule has 1 saturated heterocycles. The van der Waals surface area contributed by atoms with Crippen LogP contribution in [0.25, 0.3) is 0 Å². The standard InChI is InChI=1S/C25H29F2N3O2/c1-2-9-28-22-12-17(3-6-21(22)27)16-29-24(32)30-10-7-25(8-11-30)14-18-4-5-19(26)13-20(18)23(31)15-25/h3-6,12-13,28H,2,7-11,14-16H2,1H3,(H,29,32). The zero-order chi connectivity index (χ0) is 22.7. The number of amides is 2. The van der Waals surface area contributed by atoms with Crippen molar-refractivity contribution >= 4 is 17.5 Å². The van der Waals surface area contributed by atoms with Crippen molar-refractivity contribution in [1.29, 1.82) is 0 Å². The van der Waals surface area contributed by atoms with Crippen LogP contribution in [-0.2, 0) is 13.0 Å². The average Bonchev–Trinajstić information content (AvgIpc) is 2.78. The number of carbonyl (C=O) groups is 2. The number of rotatable bonds is 5. The van der Waals surface area contributed by atoms with Gasteiger partial charge in [-0.1, -0.05) is 19.1 Å². The second-order valence-electron chi connectivity index (χ2n) is 8.96. The Hall–Kier alpha value is -2.96. The third-order valence-corrected chi connectivity index (χ3v) is 6.62. The lowest BCUT2D eigenvalue weighted by Crippen LogP contribution is -2.49. The third-order valence-electron chi connectivity index (χ3n) is 6.62. The molecule has 0 saturated carbocycles. The Morgan fingerprint density at radius 2 is 1.88 bits per heavy atom. The predicted octanol–water partition coefficient (Wildman–Crippen LogP) is 4.91. The van der Waals surface area contributed by atoms with Crippen LogP contribution in [0.2, 0.25) is 0 Å². The van der Waals surface area contributed by atoms with Gasteiger partial charge in [-0.2, -0.15) is 0 Å². The summed E-state index contributed by atoms with van der Waals surface area (Å²) < 4.78 is 27.4. The van der Waals surface area contributed by atoms with Gasteiger partial charge >= 0.3 is 6.03 Å². The third kappa shape index (κ3) is 4.76. The van der Waals surface area contributed by atoms with E-state index in [9.17, 15) is 18.4 Å². The predicted molar refractivity (Wildman–Crippen MR) is 120 cm³/mol. The summed E-state index contributed by atoms with van der Waals surface area (Å²) in [7, 11) is 0. The van der Waals surface area contributed by atoms with Gasteiger partial charge in [0.25, 0.3) is 0 Å². The maximum atomic E-state index is 13.9. The number of Topliss-reactive ketones (excluding diaryl/α,β-unsaturated/α-hetero) is 1. The number of nitrogens with zero attached hydrogens (tertiary/aromatic N) is 1. The smallest absolute Gasteiger partial charge is 0.317 e. The summed E-state index contributed by atoms with van der Waals surface area (Å²) in [5.74, 6) is -0.692. The fraction of sp³-hybridized carbons (Fsp3) is 0.440. The highest BCUT2D eigenvalue weighted by Crippen LogP contribution is 2.43. The van der Waals surface area contributed by atoms with Crippen LogP contribution in [-0.4, -0.2) is 36.3 Å². The number of piperidine rings is 1. The molecule has 4 rings (SSSR count). The van der Waals surface area contributed by atoms with E-state index in [4.69, 9.17) is 0 Å². The van der Waals surface area contributed by atoms with Crippen LogP contribution >= 0.6 is 0 Å². The van der Waals surface area contributed by atoms with Crippen LogP contribution in [0.5, 0.6) is 0 Å². The van der Waals surface area contributed by atoms with E-state index in [2.05, 4.69) is 10.6 Å². The molecule has 0 radical (unpaired) electrons. The number of carbonyl (C=O) groups excluding carboxylic acids is 2. The number of benzene rings is 2. The number of hydrogen-bond donors (Lipinski definition) is 2. The molecule has 32 heavy (non-hydrogen) atoms. The highest BCUT2D eigenvalue weighted by Gasteiger charge is 2.41. The summed E-state index contributed by atoms with van der Waals surface area (Å²) in [6, 6.07) is 9.12. The van der Waals surface area contributed by atoms with E-state index < -0.39 is 0 Å². The van der Waals surface area contributed by atoms with Gasteiger partial charge in [-0.15, -0.1) is 0 Å². The van der Waals surface area contributed by atoms with Crippen molar-refractivity contribution in [1.82, 2.24) is 10.2 Å². The van der Waals surface area contributed by atoms with Gasteiger partial charge in [0, 0.05) is 38.2 Å². The Balaban J connectivity index is 1.32. The first kappa shape index (κ1) is 22.2. The Bertz CT molecular complexity index is 1020. The molecule has 2 aliphatic rings. The van der Waals surface area contributed by atoms with Gasteiger partial charge in [-0.05, 0) is 66.5 Å². The summed E-state index contributed by atoms with van der Waals surface area (Å²) in [6.45, 7) is 4.16. The molecule has 0 aromatic heterocycles. The van der Waals surface area contributed by atoms with E-state index in [0.29, 0.717) is 43.9 Å². The van der Waals surface area contributed by atoms with Gasteiger partial charge in [-0.25, -0.2) is 13.6 Å². The van der Waals surface area contributed by atoms with E-state index >= 15 is 0 Å². The topological polar surface area (TPSA) is 61.4 Å². The largest absolute Gasteiger partial charge is 0.383 e. The molecule has 2 aromatic carbocycles. The Kier molecular flexibility index (Phi) is 6.44. The first-order valence-electron chi connectivity index (χ1n) is 11.3. The molecule has 1 aliphatic carbocycles. The van der Waals surface area contributed by atoms with Crippen molar-refractivity contribution in [3.05, 3.63) is 64.7 Å². The van der Waals surface area contributed by atoms with Gasteiger partial charge in [0.1, 0.15) is 11.6 Å². The highest BCUT2D eigenvalue weighted by molar-refractivity contribution is 5.99. The lowest BCUT2D eigenvalue weighted by atomic mass is 9.66. The molecular formula is C25H29F2N3O2. The molecule has 1 fully saturated rings. The van der Waals surface area contributed by atoms with Gasteiger partial charge in [-0.3, -0.25) is 4.79 Å². The average molecular weight is 442 g/mol.